The lowest BCUT2D eigenvalue weighted by Gasteiger charge is -2.29. The van der Waals surface area contributed by atoms with Gasteiger partial charge in [-0.15, -0.1) is 0 Å². The van der Waals surface area contributed by atoms with Crippen molar-refractivity contribution in [2.45, 2.75) is 25.9 Å². The highest BCUT2D eigenvalue weighted by Crippen LogP contribution is 2.27. The number of nitrogens with two attached hydrogens (primary N) is 1. The van der Waals surface area contributed by atoms with Gasteiger partial charge in [-0.3, -0.25) is 14.9 Å². The van der Waals surface area contributed by atoms with E-state index >= 15 is 0 Å². The zero-order valence-electron chi connectivity index (χ0n) is 14.0. The van der Waals surface area contributed by atoms with Gasteiger partial charge in [0.1, 0.15) is 5.69 Å². The minimum absolute atomic E-state index is 0.0653. The van der Waals surface area contributed by atoms with E-state index < -0.39 is 10.8 Å². The average Bonchev–Trinajstić information content (AvgIpc) is 2.60. The molecule has 1 amide bonds. The molecule has 0 fully saturated rings. The van der Waals surface area contributed by atoms with Crippen molar-refractivity contribution in [3.05, 3.63) is 69.8 Å². The second-order valence-corrected chi connectivity index (χ2v) is 5.78. The van der Waals surface area contributed by atoms with Gasteiger partial charge in [0.2, 0.25) is 0 Å². The van der Waals surface area contributed by atoms with Crippen molar-refractivity contribution in [2.75, 3.05) is 12.3 Å². The molecule has 2 aromatic rings. The first-order chi connectivity index (χ1) is 12.0. The average molecular weight is 343 g/mol. The number of anilines is 1. The van der Waals surface area contributed by atoms with Gasteiger partial charge >= 0.3 is 0 Å². The Balaban J connectivity index is 2.38. The van der Waals surface area contributed by atoms with Gasteiger partial charge in [0.15, 0.2) is 0 Å². The highest BCUT2D eigenvalue weighted by molar-refractivity contribution is 6.01. The van der Waals surface area contributed by atoms with E-state index in [9.17, 15) is 20.0 Å². The van der Waals surface area contributed by atoms with Crippen LogP contribution in [0.3, 0.4) is 0 Å². The summed E-state index contributed by atoms with van der Waals surface area (Å²) in [4.78, 5) is 25.0. The Hall–Kier alpha value is -2.93. The predicted octanol–water partition coefficient (Wildman–Crippen LogP) is 2.59. The topological polar surface area (TPSA) is 110 Å². The van der Waals surface area contributed by atoms with Crippen molar-refractivity contribution in [1.29, 1.82) is 0 Å². The van der Waals surface area contributed by atoms with Crippen molar-refractivity contribution in [1.82, 2.24) is 4.90 Å². The molecule has 0 aliphatic rings. The van der Waals surface area contributed by atoms with Gasteiger partial charge < -0.3 is 15.7 Å². The third-order valence-corrected chi connectivity index (χ3v) is 4.05. The van der Waals surface area contributed by atoms with Crippen LogP contribution < -0.4 is 5.73 Å². The zero-order valence-corrected chi connectivity index (χ0v) is 14.0. The first-order valence-electron chi connectivity index (χ1n) is 7.94. The molecule has 0 aliphatic carbocycles. The second-order valence-electron chi connectivity index (χ2n) is 5.78. The molecule has 132 valence electrons. The number of benzene rings is 2. The Morgan fingerprint density at radius 1 is 1.24 bits per heavy atom. The van der Waals surface area contributed by atoms with Gasteiger partial charge in [0.25, 0.3) is 11.6 Å². The molecule has 3 N–H and O–H groups in total. The summed E-state index contributed by atoms with van der Waals surface area (Å²) < 4.78 is 0. The highest BCUT2D eigenvalue weighted by Gasteiger charge is 2.26. The predicted molar refractivity (Wildman–Crippen MR) is 95.0 cm³/mol. The Kier molecular flexibility index (Phi) is 6.08. The van der Waals surface area contributed by atoms with Crippen LogP contribution in [-0.4, -0.2) is 33.5 Å². The normalized spacial score (nSPS) is 11.8. The molecule has 1 unspecified atom stereocenters. The van der Waals surface area contributed by atoms with Crippen molar-refractivity contribution in [2.24, 2.45) is 0 Å². The van der Waals surface area contributed by atoms with Gasteiger partial charge in [0, 0.05) is 25.3 Å². The molecular formula is C18H21N3O4. The SMILES string of the molecule is CC(CCO)N(Cc1ccccc1)C(=O)c1cccc([N+](=O)[O-])c1N. The number of amides is 1. The molecular weight excluding hydrogens is 322 g/mol. The minimum Gasteiger partial charge on any atom is -0.396 e. The number of para-hydroxylation sites is 1. The van der Waals surface area contributed by atoms with Crippen molar-refractivity contribution in [3.8, 4) is 0 Å². The van der Waals surface area contributed by atoms with Crippen LogP contribution in [0.2, 0.25) is 0 Å². The summed E-state index contributed by atoms with van der Waals surface area (Å²) >= 11 is 0. The number of carbonyl (C=O) groups is 1. The van der Waals surface area contributed by atoms with Gasteiger partial charge in [-0.05, 0) is 25.0 Å². The zero-order chi connectivity index (χ0) is 18.4. The van der Waals surface area contributed by atoms with Crippen LogP contribution in [-0.2, 0) is 6.54 Å². The number of nitrogen functional groups attached to an aromatic ring is 1. The molecule has 0 bridgehead atoms. The number of nitrogens with zero attached hydrogens (tertiary/aromatic N) is 2. The number of carbonyl (C=O) groups excluding carboxylic acids is 1. The van der Waals surface area contributed by atoms with Gasteiger partial charge in [0.05, 0.1) is 10.5 Å². The molecule has 2 rings (SSSR count). The molecule has 7 nitrogen and oxygen atoms in total. The van der Waals surface area contributed by atoms with E-state index in [1.807, 2.05) is 37.3 Å². The lowest BCUT2D eigenvalue weighted by molar-refractivity contribution is -0.383. The summed E-state index contributed by atoms with van der Waals surface area (Å²) in [6, 6.07) is 13.3. The molecule has 0 radical (unpaired) electrons. The first-order valence-corrected chi connectivity index (χ1v) is 7.94. The Morgan fingerprint density at radius 2 is 1.92 bits per heavy atom. The third kappa shape index (κ3) is 4.33. The summed E-state index contributed by atoms with van der Waals surface area (Å²) in [7, 11) is 0. The van der Waals surface area contributed by atoms with E-state index in [1.165, 1.54) is 18.2 Å². The quantitative estimate of drug-likeness (QED) is 0.456. The largest absolute Gasteiger partial charge is 0.396 e. The van der Waals surface area contributed by atoms with Crippen molar-refractivity contribution < 1.29 is 14.8 Å². The standard InChI is InChI=1S/C18H21N3O4/c1-13(10-11-22)20(12-14-6-3-2-4-7-14)18(23)15-8-5-9-16(17(15)19)21(24)25/h2-9,13,22H,10-12,19H2,1H3. The number of nitro groups is 1. The molecule has 1 atom stereocenters. The maximum Gasteiger partial charge on any atom is 0.292 e. The lowest BCUT2D eigenvalue weighted by Crippen LogP contribution is -2.39. The van der Waals surface area contributed by atoms with Crippen molar-refractivity contribution in [3.63, 3.8) is 0 Å². The Morgan fingerprint density at radius 3 is 2.52 bits per heavy atom. The number of aliphatic hydroxyl groups is 1. The van der Waals surface area contributed by atoms with Crippen LogP contribution in [0.1, 0.15) is 29.3 Å². The molecule has 0 aliphatic heterocycles. The number of hydrogen-bond donors (Lipinski definition) is 2. The molecule has 7 heteroatoms. The fourth-order valence-corrected chi connectivity index (χ4v) is 2.60. The van der Waals surface area contributed by atoms with Crippen molar-refractivity contribution >= 4 is 17.3 Å². The monoisotopic (exact) mass is 343 g/mol. The third-order valence-electron chi connectivity index (χ3n) is 4.05. The maximum absolute atomic E-state index is 13.0. The van der Waals surface area contributed by atoms with Crippen LogP contribution in [0.5, 0.6) is 0 Å². The second kappa shape index (κ2) is 8.25. The number of rotatable bonds is 7. The number of aliphatic hydroxyl groups excluding tert-OH is 1. The van der Waals surface area contributed by atoms with E-state index in [0.717, 1.165) is 5.56 Å². The summed E-state index contributed by atoms with van der Waals surface area (Å²) in [5.41, 5.74) is 6.43. The Bertz CT molecular complexity index is 749. The van der Waals surface area contributed by atoms with Crippen LogP contribution in [0, 0.1) is 10.1 Å². The molecule has 0 saturated carbocycles. The minimum atomic E-state index is -0.606. The fourth-order valence-electron chi connectivity index (χ4n) is 2.60. The van der Waals surface area contributed by atoms with Crippen LogP contribution in [0.4, 0.5) is 11.4 Å². The number of nitro benzene ring substituents is 1. The lowest BCUT2D eigenvalue weighted by atomic mass is 10.1. The first kappa shape index (κ1) is 18.4. The Labute approximate surface area is 145 Å². The molecule has 0 heterocycles. The van der Waals surface area contributed by atoms with E-state index in [0.29, 0.717) is 13.0 Å². The molecule has 0 aromatic heterocycles. The van der Waals surface area contributed by atoms with Gasteiger partial charge in [-0.2, -0.15) is 0 Å². The summed E-state index contributed by atoms with van der Waals surface area (Å²) in [5, 5.41) is 20.3. The maximum atomic E-state index is 13.0. The molecule has 25 heavy (non-hydrogen) atoms. The van der Waals surface area contributed by atoms with E-state index in [-0.39, 0.29) is 29.6 Å². The summed E-state index contributed by atoms with van der Waals surface area (Å²) in [6.07, 6.45) is 0.396. The smallest absolute Gasteiger partial charge is 0.292 e. The van der Waals surface area contributed by atoms with Gasteiger partial charge in [-0.25, -0.2) is 0 Å². The fraction of sp³-hybridized carbons (Fsp3) is 0.278. The number of hydrogen-bond acceptors (Lipinski definition) is 5. The summed E-state index contributed by atoms with van der Waals surface area (Å²) in [5.74, 6) is -0.397. The summed E-state index contributed by atoms with van der Waals surface area (Å²) in [6.45, 7) is 2.08. The molecule has 0 saturated heterocycles. The molecule has 2 aromatic carbocycles. The highest BCUT2D eigenvalue weighted by atomic mass is 16.6. The molecule has 0 spiro atoms. The van der Waals surface area contributed by atoms with E-state index in [1.54, 1.807) is 4.90 Å². The van der Waals surface area contributed by atoms with E-state index in [4.69, 9.17) is 5.73 Å². The van der Waals surface area contributed by atoms with Crippen LogP contribution >= 0.6 is 0 Å². The van der Waals surface area contributed by atoms with Crippen LogP contribution in [0.15, 0.2) is 48.5 Å². The van der Waals surface area contributed by atoms with E-state index in [2.05, 4.69) is 0 Å². The van der Waals surface area contributed by atoms with Gasteiger partial charge in [-0.1, -0.05) is 36.4 Å². The van der Waals surface area contributed by atoms with Crippen LogP contribution in [0.25, 0.3) is 0 Å².